The molecule has 1 aliphatic carbocycles. The molecule has 1 aliphatic rings. The average molecular weight is 433 g/mol. The van der Waals surface area contributed by atoms with E-state index in [9.17, 15) is 14.7 Å². The van der Waals surface area contributed by atoms with Gasteiger partial charge in [-0.1, -0.05) is 68.9 Å². The molecule has 0 heterocycles. The van der Waals surface area contributed by atoms with Crippen molar-refractivity contribution in [3.05, 3.63) is 39.9 Å². The Kier molecular flexibility index (Phi) is 4.68. The van der Waals surface area contributed by atoms with Crippen molar-refractivity contribution in [3.8, 4) is 5.75 Å². The molecule has 1 N–H and O–H groups in total. The zero-order valence-corrected chi connectivity index (χ0v) is 14.8. The first-order chi connectivity index (χ1) is 9.63. The second-order valence-corrected chi connectivity index (χ2v) is 8.08. The van der Waals surface area contributed by atoms with Gasteiger partial charge in [0.2, 0.25) is 5.78 Å². The Morgan fingerprint density at radius 1 is 1.05 bits per heavy atom. The van der Waals surface area contributed by atoms with E-state index in [0.717, 1.165) is 0 Å². The summed E-state index contributed by atoms with van der Waals surface area (Å²) >= 11 is 27.0. The second kappa shape index (κ2) is 5.74. The number of Topliss-reactive ketones (excluding diaryl/α,β-unsaturated/α-hetero) is 2. The van der Waals surface area contributed by atoms with Gasteiger partial charge in [-0.15, -0.1) is 11.6 Å². The number of carbonyl (C=O) groups is 2. The Bertz CT molecular complexity index is 671. The van der Waals surface area contributed by atoms with Gasteiger partial charge >= 0.3 is 0 Å². The number of rotatable bonds is 2. The summed E-state index contributed by atoms with van der Waals surface area (Å²) in [5, 5.41) is 8.87. The number of para-hydroxylation sites is 1. The van der Waals surface area contributed by atoms with E-state index in [1.54, 1.807) is 18.2 Å². The van der Waals surface area contributed by atoms with E-state index in [4.69, 9.17) is 46.4 Å². The molecular weight excluding hydrogens is 426 g/mol. The third-order valence-electron chi connectivity index (χ3n) is 3.16. The van der Waals surface area contributed by atoms with Gasteiger partial charge in [-0.05, 0) is 11.6 Å². The van der Waals surface area contributed by atoms with Crippen molar-refractivity contribution < 1.29 is 14.7 Å². The number of hydrogen-bond acceptors (Lipinski definition) is 3. The van der Waals surface area contributed by atoms with E-state index in [-0.39, 0.29) is 12.2 Å². The first kappa shape index (κ1) is 17.1. The van der Waals surface area contributed by atoms with Crippen LogP contribution in [0.1, 0.15) is 5.56 Å². The summed E-state index contributed by atoms with van der Waals surface area (Å²) in [6, 6.07) is 6.25. The van der Waals surface area contributed by atoms with E-state index in [1.165, 1.54) is 6.07 Å². The van der Waals surface area contributed by atoms with E-state index >= 15 is 0 Å². The van der Waals surface area contributed by atoms with Crippen molar-refractivity contribution in [2.24, 2.45) is 0 Å². The van der Waals surface area contributed by atoms with Crippen LogP contribution in [-0.4, -0.2) is 25.3 Å². The average Bonchev–Trinajstić information content (AvgIpc) is 2.45. The van der Waals surface area contributed by atoms with Gasteiger partial charge in [0, 0.05) is 6.42 Å². The minimum absolute atomic E-state index is 0.0745. The normalized spacial score (nSPS) is 30.0. The number of phenolic OH excluding ortho intramolecular Hbond substituents is 1. The van der Waals surface area contributed by atoms with Crippen molar-refractivity contribution in [1.29, 1.82) is 0 Å². The molecule has 2 unspecified atom stereocenters. The monoisotopic (exact) mass is 430 g/mol. The van der Waals surface area contributed by atoms with E-state index in [0.29, 0.717) is 5.56 Å². The quantitative estimate of drug-likeness (QED) is 0.716. The zero-order chi connectivity index (χ0) is 16.0. The van der Waals surface area contributed by atoms with Gasteiger partial charge in [0.15, 0.2) is 9.57 Å². The summed E-state index contributed by atoms with van der Waals surface area (Å²) in [7, 11) is 0. The number of phenols is 1. The molecule has 0 radical (unpaired) electrons. The third kappa shape index (κ3) is 2.62. The Morgan fingerprint density at radius 3 is 2.14 bits per heavy atom. The molecule has 0 aliphatic heterocycles. The molecule has 3 nitrogen and oxygen atoms in total. The molecule has 0 fully saturated rings. The molecule has 0 aromatic heterocycles. The second-order valence-electron chi connectivity index (χ2n) is 4.47. The predicted molar refractivity (Wildman–Crippen MR) is 86.7 cm³/mol. The zero-order valence-electron chi connectivity index (χ0n) is 10.2. The van der Waals surface area contributed by atoms with Crippen LogP contribution < -0.4 is 0 Å². The van der Waals surface area contributed by atoms with Gasteiger partial charge in [-0.3, -0.25) is 9.59 Å². The first-order valence-corrected chi connectivity index (χ1v) is 7.92. The van der Waals surface area contributed by atoms with Crippen LogP contribution in [0.25, 0.3) is 0 Å². The number of benzene rings is 1. The predicted octanol–water partition coefficient (Wildman–Crippen LogP) is 4.08. The lowest BCUT2D eigenvalue weighted by Crippen LogP contribution is -2.57. The standard InChI is InChI=1S/C13H7BrCl4O3/c14-13(18)11(21)9(16)8(15)10(20)12(13,17)5-6-3-1-2-4-7(6)19/h1-4,19H,5H2. The lowest BCUT2D eigenvalue weighted by molar-refractivity contribution is -0.124. The number of allylic oxidation sites excluding steroid dienone is 2. The lowest BCUT2D eigenvalue weighted by atomic mass is 9.84. The Hall–Kier alpha value is -0.260. The molecular formula is C13H7BrCl4O3. The molecule has 1 aromatic carbocycles. The van der Waals surface area contributed by atoms with Crippen LogP contribution in [0.5, 0.6) is 5.75 Å². The number of alkyl halides is 3. The molecule has 2 atom stereocenters. The van der Waals surface area contributed by atoms with Crippen molar-refractivity contribution in [2.45, 2.75) is 15.1 Å². The van der Waals surface area contributed by atoms with Crippen LogP contribution in [0.4, 0.5) is 0 Å². The van der Waals surface area contributed by atoms with Gasteiger partial charge < -0.3 is 5.11 Å². The maximum absolute atomic E-state index is 12.4. The minimum atomic E-state index is -1.96. The number of hydrogen-bond donors (Lipinski definition) is 1. The molecule has 0 bridgehead atoms. The Morgan fingerprint density at radius 2 is 1.57 bits per heavy atom. The largest absolute Gasteiger partial charge is 0.508 e. The fraction of sp³-hybridized carbons (Fsp3) is 0.231. The molecule has 0 saturated heterocycles. The van der Waals surface area contributed by atoms with E-state index in [2.05, 4.69) is 15.9 Å². The van der Waals surface area contributed by atoms with Gasteiger partial charge in [0.1, 0.15) is 20.7 Å². The van der Waals surface area contributed by atoms with Gasteiger partial charge in [-0.25, -0.2) is 0 Å². The molecule has 1 aromatic rings. The van der Waals surface area contributed by atoms with Crippen LogP contribution in [0.2, 0.25) is 0 Å². The summed E-state index contributed by atoms with van der Waals surface area (Å²) in [6.07, 6.45) is -0.207. The van der Waals surface area contributed by atoms with Crippen LogP contribution in [-0.2, 0) is 16.0 Å². The van der Waals surface area contributed by atoms with E-state index < -0.39 is 30.3 Å². The topological polar surface area (TPSA) is 54.4 Å². The third-order valence-corrected chi connectivity index (χ3v) is 6.42. The molecule has 0 spiro atoms. The number of ketones is 2. The lowest BCUT2D eigenvalue weighted by Gasteiger charge is -2.39. The van der Waals surface area contributed by atoms with Crippen LogP contribution in [0, 0.1) is 0 Å². The summed E-state index contributed by atoms with van der Waals surface area (Å²) < 4.78 is -1.96. The molecule has 0 saturated carbocycles. The highest BCUT2D eigenvalue weighted by molar-refractivity contribution is 9.11. The van der Waals surface area contributed by atoms with Crippen LogP contribution in [0.3, 0.4) is 0 Å². The first-order valence-electron chi connectivity index (χ1n) is 5.61. The minimum Gasteiger partial charge on any atom is -0.508 e. The Labute approximate surface area is 148 Å². The highest BCUT2D eigenvalue weighted by atomic mass is 79.9. The van der Waals surface area contributed by atoms with E-state index in [1.807, 2.05) is 0 Å². The maximum Gasteiger partial charge on any atom is 0.209 e. The molecule has 2 rings (SSSR count). The highest BCUT2D eigenvalue weighted by Gasteiger charge is 2.62. The van der Waals surface area contributed by atoms with Crippen molar-refractivity contribution >= 4 is 73.9 Å². The Balaban J connectivity index is 2.57. The maximum atomic E-state index is 12.4. The molecule has 8 heteroatoms. The molecule has 112 valence electrons. The highest BCUT2D eigenvalue weighted by Crippen LogP contribution is 2.52. The van der Waals surface area contributed by atoms with Crippen LogP contribution in [0.15, 0.2) is 34.3 Å². The van der Waals surface area contributed by atoms with Gasteiger partial charge in [-0.2, -0.15) is 0 Å². The van der Waals surface area contributed by atoms with Crippen molar-refractivity contribution in [2.75, 3.05) is 0 Å². The summed E-state index contributed by atoms with van der Waals surface area (Å²) in [4.78, 5) is 22.6. The smallest absolute Gasteiger partial charge is 0.209 e. The molecule has 21 heavy (non-hydrogen) atoms. The fourth-order valence-corrected chi connectivity index (χ4v) is 3.72. The fourth-order valence-electron chi connectivity index (χ4n) is 1.95. The summed E-state index contributed by atoms with van der Waals surface area (Å²) in [5.41, 5.74) is 0.348. The summed E-state index contributed by atoms with van der Waals surface area (Å²) in [5.74, 6) is -1.67. The van der Waals surface area contributed by atoms with Gasteiger partial charge in [0.25, 0.3) is 0 Å². The van der Waals surface area contributed by atoms with Crippen molar-refractivity contribution in [3.63, 3.8) is 0 Å². The van der Waals surface area contributed by atoms with Crippen molar-refractivity contribution in [1.82, 2.24) is 0 Å². The number of aromatic hydroxyl groups is 1. The number of halogens is 5. The van der Waals surface area contributed by atoms with Crippen LogP contribution >= 0.6 is 62.3 Å². The van der Waals surface area contributed by atoms with Gasteiger partial charge in [0.05, 0.1) is 0 Å². The summed E-state index contributed by atoms with van der Waals surface area (Å²) in [6.45, 7) is 0. The molecule has 0 amide bonds. The SMILES string of the molecule is O=C1C(Cl)=C(Cl)C(=O)C(Cl)(Cc2ccccc2O)C1(Cl)Br. The number of carbonyl (C=O) groups excluding carboxylic acids is 2.